The SMILES string of the molecule is Cc1ccc2cccc(OCCNC(=O)c3cnc4sccn4c3=O)c2n1. The predicted molar refractivity (Wildman–Crippen MR) is 104 cm³/mol. The molecule has 7 nitrogen and oxygen atoms in total. The normalized spacial score (nSPS) is 11.0. The minimum absolute atomic E-state index is 0.00773. The number of thiazole rings is 1. The van der Waals surface area contributed by atoms with Gasteiger partial charge in [0.1, 0.15) is 23.4 Å². The summed E-state index contributed by atoms with van der Waals surface area (Å²) in [5, 5.41) is 5.43. The fraction of sp³-hybridized carbons (Fsp3) is 0.158. The van der Waals surface area contributed by atoms with E-state index in [-0.39, 0.29) is 24.3 Å². The van der Waals surface area contributed by atoms with Crippen LogP contribution in [0.1, 0.15) is 16.1 Å². The van der Waals surface area contributed by atoms with E-state index in [1.807, 2.05) is 37.3 Å². The summed E-state index contributed by atoms with van der Waals surface area (Å²) in [6, 6.07) is 9.65. The van der Waals surface area contributed by atoms with Crippen LogP contribution in [0.25, 0.3) is 15.9 Å². The van der Waals surface area contributed by atoms with Gasteiger partial charge in [-0.15, -0.1) is 11.3 Å². The monoisotopic (exact) mass is 380 g/mol. The summed E-state index contributed by atoms with van der Waals surface area (Å²) in [5.74, 6) is 0.190. The first kappa shape index (κ1) is 17.2. The Labute approximate surface area is 158 Å². The lowest BCUT2D eigenvalue weighted by atomic mass is 10.2. The van der Waals surface area contributed by atoms with Gasteiger partial charge in [0.25, 0.3) is 11.5 Å². The number of ether oxygens (including phenoxy) is 1. The summed E-state index contributed by atoms with van der Waals surface area (Å²) in [6.45, 7) is 2.44. The standard InChI is InChI=1S/C19H16N4O3S/c1-12-5-6-13-3-2-4-15(16(13)22-12)26-9-7-20-17(24)14-11-21-19-23(18(14)25)8-10-27-19/h2-6,8,10-11H,7,9H2,1H3,(H,20,24). The number of hydrogen-bond donors (Lipinski definition) is 1. The zero-order valence-electron chi connectivity index (χ0n) is 14.5. The maximum atomic E-state index is 12.3. The molecular weight excluding hydrogens is 364 g/mol. The van der Waals surface area contributed by atoms with Crippen LogP contribution >= 0.6 is 11.3 Å². The maximum Gasteiger partial charge on any atom is 0.271 e. The zero-order valence-corrected chi connectivity index (χ0v) is 15.3. The van der Waals surface area contributed by atoms with Gasteiger partial charge in [0.2, 0.25) is 0 Å². The summed E-state index contributed by atoms with van der Waals surface area (Å²) < 4.78 is 7.14. The molecule has 0 saturated carbocycles. The molecular formula is C19H16N4O3S. The molecule has 0 saturated heterocycles. The number of para-hydroxylation sites is 1. The van der Waals surface area contributed by atoms with Crippen LogP contribution in [0.2, 0.25) is 0 Å². The molecule has 4 aromatic rings. The van der Waals surface area contributed by atoms with Crippen molar-refractivity contribution >= 4 is 33.1 Å². The van der Waals surface area contributed by atoms with Crippen molar-refractivity contribution in [2.75, 3.05) is 13.2 Å². The number of aromatic nitrogens is 3. The van der Waals surface area contributed by atoms with Gasteiger partial charge >= 0.3 is 0 Å². The van der Waals surface area contributed by atoms with Crippen molar-refractivity contribution in [3.8, 4) is 5.75 Å². The molecule has 0 fully saturated rings. The van der Waals surface area contributed by atoms with Crippen LogP contribution < -0.4 is 15.6 Å². The average molecular weight is 380 g/mol. The number of amides is 1. The van der Waals surface area contributed by atoms with Crippen LogP contribution in [0.15, 0.2) is 52.9 Å². The van der Waals surface area contributed by atoms with E-state index in [9.17, 15) is 9.59 Å². The fourth-order valence-electron chi connectivity index (χ4n) is 2.74. The van der Waals surface area contributed by atoms with Crippen LogP contribution in [-0.4, -0.2) is 33.4 Å². The highest BCUT2D eigenvalue weighted by Crippen LogP contribution is 2.23. The van der Waals surface area contributed by atoms with Gasteiger partial charge in [-0.3, -0.25) is 14.0 Å². The highest BCUT2D eigenvalue weighted by atomic mass is 32.1. The van der Waals surface area contributed by atoms with E-state index in [4.69, 9.17) is 4.74 Å². The number of fused-ring (bicyclic) bond motifs is 2. The van der Waals surface area contributed by atoms with Crippen LogP contribution in [0.3, 0.4) is 0 Å². The molecule has 0 aliphatic rings. The Balaban J connectivity index is 1.41. The van der Waals surface area contributed by atoms with E-state index in [0.717, 1.165) is 16.6 Å². The molecule has 0 unspecified atom stereocenters. The third-order valence-corrected chi connectivity index (χ3v) is 4.83. The molecule has 0 aliphatic carbocycles. The summed E-state index contributed by atoms with van der Waals surface area (Å²) in [4.78, 5) is 33.7. The lowest BCUT2D eigenvalue weighted by molar-refractivity contribution is 0.0945. The van der Waals surface area contributed by atoms with Gasteiger partial charge in [0, 0.05) is 28.9 Å². The van der Waals surface area contributed by atoms with Crippen LogP contribution in [0.4, 0.5) is 0 Å². The topological polar surface area (TPSA) is 85.6 Å². The molecule has 1 amide bonds. The third-order valence-electron chi connectivity index (χ3n) is 4.06. The maximum absolute atomic E-state index is 12.3. The van der Waals surface area contributed by atoms with Gasteiger partial charge in [-0.25, -0.2) is 9.97 Å². The molecule has 0 spiro atoms. The summed E-state index contributed by atoms with van der Waals surface area (Å²) >= 11 is 1.34. The van der Waals surface area contributed by atoms with Crippen molar-refractivity contribution in [2.24, 2.45) is 0 Å². The van der Waals surface area contributed by atoms with Gasteiger partial charge in [-0.05, 0) is 19.1 Å². The van der Waals surface area contributed by atoms with Gasteiger partial charge < -0.3 is 10.1 Å². The molecule has 0 atom stereocenters. The predicted octanol–water partition coefficient (Wildman–Crippen LogP) is 2.42. The number of benzene rings is 1. The molecule has 0 bridgehead atoms. The molecule has 27 heavy (non-hydrogen) atoms. The molecule has 4 rings (SSSR count). The van der Waals surface area contributed by atoms with Gasteiger partial charge in [-0.1, -0.05) is 18.2 Å². The molecule has 3 aromatic heterocycles. The Morgan fingerprint density at radius 3 is 3.07 bits per heavy atom. The molecule has 0 aliphatic heterocycles. The first-order valence-corrected chi connectivity index (χ1v) is 9.24. The highest BCUT2D eigenvalue weighted by molar-refractivity contribution is 7.15. The van der Waals surface area contributed by atoms with Crippen LogP contribution in [0.5, 0.6) is 5.75 Å². The largest absolute Gasteiger partial charge is 0.489 e. The molecule has 1 aromatic carbocycles. The molecule has 3 heterocycles. The van der Waals surface area contributed by atoms with E-state index in [2.05, 4.69) is 15.3 Å². The van der Waals surface area contributed by atoms with Crippen molar-refractivity contribution in [3.05, 3.63) is 69.7 Å². The fourth-order valence-corrected chi connectivity index (χ4v) is 3.41. The number of nitrogens with one attached hydrogen (secondary N) is 1. The number of rotatable bonds is 5. The minimum atomic E-state index is -0.469. The highest BCUT2D eigenvalue weighted by Gasteiger charge is 2.13. The number of aryl methyl sites for hydroxylation is 1. The van der Waals surface area contributed by atoms with E-state index in [1.54, 1.807) is 11.6 Å². The Morgan fingerprint density at radius 2 is 2.19 bits per heavy atom. The summed E-state index contributed by atoms with van der Waals surface area (Å²) in [7, 11) is 0. The Hall–Kier alpha value is -3.26. The number of pyridine rings is 1. The second-order valence-electron chi connectivity index (χ2n) is 5.92. The number of carbonyl (C=O) groups excluding carboxylic acids is 1. The first-order chi connectivity index (χ1) is 13.1. The molecule has 8 heteroatoms. The molecule has 0 radical (unpaired) electrons. The zero-order chi connectivity index (χ0) is 18.8. The minimum Gasteiger partial charge on any atom is -0.489 e. The van der Waals surface area contributed by atoms with E-state index in [0.29, 0.717) is 10.7 Å². The van der Waals surface area contributed by atoms with Gasteiger partial charge in [0.05, 0.1) is 6.54 Å². The van der Waals surface area contributed by atoms with Crippen LogP contribution in [0, 0.1) is 6.92 Å². The molecule has 1 N–H and O–H groups in total. The lowest BCUT2D eigenvalue weighted by Crippen LogP contribution is -2.33. The quantitative estimate of drug-likeness (QED) is 0.538. The van der Waals surface area contributed by atoms with E-state index < -0.39 is 5.91 Å². The van der Waals surface area contributed by atoms with Crippen molar-refractivity contribution in [1.29, 1.82) is 0 Å². The smallest absolute Gasteiger partial charge is 0.271 e. The van der Waals surface area contributed by atoms with Crippen molar-refractivity contribution in [3.63, 3.8) is 0 Å². The lowest BCUT2D eigenvalue weighted by Gasteiger charge is -2.10. The van der Waals surface area contributed by atoms with Crippen LogP contribution in [-0.2, 0) is 0 Å². The average Bonchev–Trinajstić information content (AvgIpc) is 3.15. The van der Waals surface area contributed by atoms with E-state index in [1.165, 1.54) is 21.9 Å². The summed E-state index contributed by atoms with van der Waals surface area (Å²) in [5.41, 5.74) is 1.32. The molecule has 136 valence electrons. The Kier molecular flexibility index (Phi) is 4.55. The number of carbonyl (C=O) groups is 1. The number of nitrogens with zero attached hydrogens (tertiary/aromatic N) is 3. The van der Waals surface area contributed by atoms with Crippen molar-refractivity contribution in [1.82, 2.24) is 19.7 Å². The first-order valence-electron chi connectivity index (χ1n) is 8.36. The Bertz CT molecular complexity index is 1200. The van der Waals surface area contributed by atoms with Gasteiger partial charge in [0.15, 0.2) is 4.96 Å². The van der Waals surface area contributed by atoms with Crippen molar-refractivity contribution in [2.45, 2.75) is 6.92 Å². The second-order valence-corrected chi connectivity index (χ2v) is 6.79. The Morgan fingerprint density at radius 1 is 1.30 bits per heavy atom. The van der Waals surface area contributed by atoms with Crippen molar-refractivity contribution < 1.29 is 9.53 Å². The van der Waals surface area contributed by atoms with E-state index >= 15 is 0 Å². The second kappa shape index (κ2) is 7.16. The summed E-state index contributed by atoms with van der Waals surface area (Å²) in [6.07, 6.45) is 2.91. The third kappa shape index (κ3) is 3.39. The number of hydrogen-bond acceptors (Lipinski definition) is 6. The van der Waals surface area contributed by atoms with Gasteiger partial charge in [-0.2, -0.15) is 0 Å².